The molecule has 0 unspecified atom stereocenters. The number of nitrogens with zero attached hydrogens (tertiary/aromatic N) is 4. The molecule has 1 N–H and O–H groups in total. The van der Waals surface area contributed by atoms with Gasteiger partial charge in [0.1, 0.15) is 12.7 Å². The van der Waals surface area contributed by atoms with Gasteiger partial charge in [0.2, 0.25) is 5.88 Å². The van der Waals surface area contributed by atoms with Crippen molar-refractivity contribution in [2.24, 2.45) is 0 Å². The van der Waals surface area contributed by atoms with Crippen molar-refractivity contribution in [2.45, 2.75) is 25.5 Å². The Morgan fingerprint density at radius 2 is 2.20 bits per heavy atom. The zero-order valence-corrected chi connectivity index (χ0v) is 17.5. The van der Waals surface area contributed by atoms with Gasteiger partial charge in [0.05, 0.1) is 12.2 Å². The molecule has 2 aromatic heterocycles. The molecule has 30 heavy (non-hydrogen) atoms. The number of fused-ring (bicyclic) bond motifs is 5. The molecule has 4 heterocycles. The zero-order valence-electron chi connectivity index (χ0n) is 16.8. The molecule has 1 saturated heterocycles. The Morgan fingerprint density at radius 3 is 3.03 bits per heavy atom. The number of benzene rings is 1. The fourth-order valence-corrected chi connectivity index (χ4v) is 4.40. The second-order valence-electron chi connectivity index (χ2n) is 7.67. The van der Waals surface area contributed by atoms with E-state index in [4.69, 9.17) is 26.1 Å². The molecule has 4 bridgehead atoms. The summed E-state index contributed by atoms with van der Waals surface area (Å²) >= 11 is 6.38. The number of methoxy groups -OCH3 is 1. The van der Waals surface area contributed by atoms with Crippen molar-refractivity contribution < 1.29 is 14.3 Å². The van der Waals surface area contributed by atoms with Gasteiger partial charge in [0.25, 0.3) is 5.91 Å². The molecule has 8 nitrogen and oxygen atoms in total. The maximum atomic E-state index is 12.7. The third-order valence-corrected chi connectivity index (χ3v) is 5.92. The predicted molar refractivity (Wildman–Crippen MR) is 113 cm³/mol. The van der Waals surface area contributed by atoms with Gasteiger partial charge in [0, 0.05) is 54.7 Å². The fraction of sp³-hybridized carbons (Fsp3) is 0.381. The van der Waals surface area contributed by atoms with Crippen LogP contribution < -0.4 is 10.1 Å². The molecule has 5 rings (SSSR count). The van der Waals surface area contributed by atoms with E-state index in [2.05, 4.69) is 10.4 Å². The lowest BCUT2D eigenvalue weighted by molar-refractivity contribution is -0.136. The molecule has 0 spiro atoms. The lowest BCUT2D eigenvalue weighted by atomic mass is 10.1. The van der Waals surface area contributed by atoms with Crippen LogP contribution in [0.25, 0.3) is 16.8 Å². The van der Waals surface area contributed by atoms with Gasteiger partial charge in [-0.3, -0.25) is 4.79 Å². The number of nitrogens with one attached hydrogen (secondary N) is 1. The summed E-state index contributed by atoms with van der Waals surface area (Å²) in [6.07, 6.45) is 3.83. The van der Waals surface area contributed by atoms with Crippen molar-refractivity contribution in [2.75, 3.05) is 32.1 Å². The number of ether oxygens (including phenoxy) is 2. The molecule has 2 aliphatic heterocycles. The topological polar surface area (TPSA) is 81.0 Å². The van der Waals surface area contributed by atoms with Crippen molar-refractivity contribution in [1.82, 2.24) is 19.5 Å². The molecule has 1 fully saturated rings. The molecule has 0 aliphatic carbocycles. The molecule has 0 radical (unpaired) electrons. The van der Waals surface area contributed by atoms with Crippen molar-refractivity contribution in [3.8, 4) is 17.0 Å². The standard InChI is InChI=1S/C21H22ClN5O3/c1-12-10-27-19-17(9-24-27)13-5-14(22)7-15(6-13)23-3-4-26-16(11-30-20(12)25-19)8-18(29-2)21(26)28/h5-7,9-10,16,18,23H,3-4,8,11H2,1-2H3/t16-,18+/m0/s1. The van der Waals surface area contributed by atoms with Crippen LogP contribution in [-0.4, -0.2) is 64.4 Å². The minimum atomic E-state index is -0.440. The monoisotopic (exact) mass is 427 g/mol. The third kappa shape index (κ3) is 3.26. The first-order chi connectivity index (χ1) is 14.5. The van der Waals surface area contributed by atoms with E-state index in [1.165, 1.54) is 0 Å². The maximum Gasteiger partial charge on any atom is 0.252 e. The average molecular weight is 428 g/mol. The Hall–Kier alpha value is -2.84. The summed E-state index contributed by atoms with van der Waals surface area (Å²) in [6.45, 7) is 3.42. The second kappa shape index (κ2) is 7.45. The number of hydrogen-bond acceptors (Lipinski definition) is 6. The highest BCUT2D eigenvalue weighted by Gasteiger charge is 2.39. The van der Waals surface area contributed by atoms with Gasteiger partial charge in [0.15, 0.2) is 5.65 Å². The maximum absolute atomic E-state index is 12.7. The normalized spacial score (nSPS) is 21.3. The summed E-state index contributed by atoms with van der Waals surface area (Å²) in [5.74, 6) is 0.528. The molecule has 1 aromatic carbocycles. The van der Waals surface area contributed by atoms with Gasteiger partial charge in [-0.25, -0.2) is 4.52 Å². The number of halogens is 1. The van der Waals surface area contributed by atoms with Crippen LogP contribution in [0.1, 0.15) is 12.0 Å². The summed E-state index contributed by atoms with van der Waals surface area (Å²) in [5, 5.41) is 8.43. The van der Waals surface area contributed by atoms with Crippen molar-refractivity contribution in [1.29, 1.82) is 0 Å². The number of hydrogen-bond donors (Lipinski definition) is 1. The smallest absolute Gasteiger partial charge is 0.252 e. The van der Waals surface area contributed by atoms with Gasteiger partial charge >= 0.3 is 0 Å². The first kappa shape index (κ1) is 19.1. The van der Waals surface area contributed by atoms with Gasteiger partial charge in [-0.2, -0.15) is 10.1 Å². The third-order valence-electron chi connectivity index (χ3n) is 5.70. The Labute approximate surface area is 178 Å². The van der Waals surface area contributed by atoms with Crippen LogP contribution in [0.3, 0.4) is 0 Å². The number of aryl methyl sites for hydroxylation is 1. The Morgan fingerprint density at radius 1 is 1.33 bits per heavy atom. The van der Waals surface area contributed by atoms with Crippen LogP contribution >= 0.6 is 11.6 Å². The lowest BCUT2D eigenvalue weighted by Crippen LogP contribution is -2.41. The molecular formula is C21H22ClN5O3. The van der Waals surface area contributed by atoms with Crippen molar-refractivity contribution in [3.63, 3.8) is 0 Å². The van der Waals surface area contributed by atoms with Crippen LogP contribution in [-0.2, 0) is 9.53 Å². The number of amides is 1. The van der Waals surface area contributed by atoms with Crippen molar-refractivity contribution >= 4 is 28.8 Å². The zero-order chi connectivity index (χ0) is 20.8. The van der Waals surface area contributed by atoms with Gasteiger partial charge in [-0.05, 0) is 30.7 Å². The van der Waals surface area contributed by atoms with Gasteiger partial charge < -0.3 is 19.7 Å². The fourth-order valence-electron chi connectivity index (χ4n) is 4.17. The van der Waals surface area contributed by atoms with E-state index in [-0.39, 0.29) is 11.9 Å². The predicted octanol–water partition coefficient (Wildman–Crippen LogP) is 2.78. The average Bonchev–Trinajstić information content (AvgIpc) is 3.26. The summed E-state index contributed by atoms with van der Waals surface area (Å²) in [7, 11) is 1.57. The second-order valence-corrected chi connectivity index (χ2v) is 8.10. The molecule has 2 atom stereocenters. The molecule has 156 valence electrons. The van der Waals surface area contributed by atoms with E-state index in [0.29, 0.717) is 42.7 Å². The minimum absolute atomic E-state index is 0.00927. The lowest BCUT2D eigenvalue weighted by Gasteiger charge is -2.25. The van der Waals surface area contributed by atoms with E-state index in [1.807, 2.05) is 36.2 Å². The number of aromatic nitrogens is 3. The number of rotatable bonds is 1. The molecule has 0 saturated carbocycles. The van der Waals surface area contributed by atoms with Gasteiger partial charge in [-0.1, -0.05) is 11.6 Å². The summed E-state index contributed by atoms with van der Waals surface area (Å²) in [5.41, 5.74) is 4.23. The first-order valence-corrected chi connectivity index (χ1v) is 10.3. The molecule has 1 amide bonds. The molecule has 9 heteroatoms. The van der Waals surface area contributed by atoms with E-state index in [1.54, 1.807) is 17.8 Å². The van der Waals surface area contributed by atoms with E-state index in [9.17, 15) is 4.79 Å². The Kier molecular flexibility index (Phi) is 4.75. The highest BCUT2D eigenvalue weighted by molar-refractivity contribution is 6.31. The van der Waals surface area contributed by atoms with Crippen LogP contribution in [0, 0.1) is 6.92 Å². The Bertz CT molecular complexity index is 1130. The highest BCUT2D eigenvalue weighted by atomic mass is 35.5. The summed E-state index contributed by atoms with van der Waals surface area (Å²) in [4.78, 5) is 19.3. The summed E-state index contributed by atoms with van der Waals surface area (Å²) in [6, 6.07) is 5.69. The van der Waals surface area contributed by atoms with Crippen LogP contribution in [0.2, 0.25) is 5.02 Å². The van der Waals surface area contributed by atoms with Crippen molar-refractivity contribution in [3.05, 3.63) is 41.2 Å². The van der Waals surface area contributed by atoms with Crippen LogP contribution in [0.4, 0.5) is 5.69 Å². The molecular weight excluding hydrogens is 406 g/mol. The summed E-state index contributed by atoms with van der Waals surface area (Å²) < 4.78 is 13.2. The first-order valence-electron chi connectivity index (χ1n) is 9.89. The SMILES string of the molecule is CO[C@@H]1C[C@H]2COc3nc4c(cnn4cc3C)-c3cc(Cl)cc(c3)NCCN2C1=O. The quantitative estimate of drug-likeness (QED) is 0.643. The molecule has 3 aromatic rings. The molecule has 2 aliphatic rings. The van der Waals surface area contributed by atoms with Gasteiger partial charge in [-0.15, -0.1) is 0 Å². The van der Waals surface area contributed by atoms with Crippen LogP contribution in [0.5, 0.6) is 5.88 Å². The Balaban J connectivity index is 1.61. The van der Waals surface area contributed by atoms with E-state index < -0.39 is 6.10 Å². The number of carbonyl (C=O) groups is 1. The largest absolute Gasteiger partial charge is 0.475 e. The van der Waals surface area contributed by atoms with E-state index >= 15 is 0 Å². The number of carbonyl (C=O) groups excluding carboxylic acids is 1. The highest BCUT2D eigenvalue weighted by Crippen LogP contribution is 2.31. The minimum Gasteiger partial charge on any atom is -0.475 e. The number of anilines is 1. The van der Waals surface area contributed by atoms with E-state index in [0.717, 1.165) is 22.4 Å². The van der Waals surface area contributed by atoms with Crippen LogP contribution in [0.15, 0.2) is 30.6 Å².